The monoisotopic (exact) mass is 322 g/mol. The second-order valence-electron chi connectivity index (χ2n) is 4.75. The van der Waals surface area contributed by atoms with Gasteiger partial charge in [0.25, 0.3) is 5.91 Å². The van der Waals surface area contributed by atoms with Crippen molar-refractivity contribution >= 4 is 35.3 Å². The van der Waals surface area contributed by atoms with Crippen LogP contribution in [0.5, 0.6) is 0 Å². The van der Waals surface area contributed by atoms with Gasteiger partial charge in [0, 0.05) is 21.8 Å². The summed E-state index contributed by atoms with van der Waals surface area (Å²) in [5.74, 6) is -0.323. The van der Waals surface area contributed by atoms with Crippen LogP contribution in [-0.4, -0.2) is 22.3 Å². The average Bonchev–Trinajstić information content (AvgIpc) is 3.03. The third kappa shape index (κ3) is 2.94. The zero-order chi connectivity index (χ0) is 14.8. The van der Waals surface area contributed by atoms with E-state index in [4.69, 9.17) is 23.2 Å². The van der Waals surface area contributed by atoms with E-state index in [2.05, 4.69) is 20.7 Å². The number of hydrazone groups is 1. The number of H-pyrrole nitrogens is 1. The largest absolute Gasteiger partial charge is 0.292 e. The number of nitrogens with zero attached hydrogens (tertiary/aromatic N) is 2. The second-order valence-corrected chi connectivity index (χ2v) is 5.59. The van der Waals surface area contributed by atoms with Gasteiger partial charge in [0.15, 0.2) is 5.69 Å². The fourth-order valence-corrected chi connectivity index (χ4v) is 2.78. The summed E-state index contributed by atoms with van der Waals surface area (Å²) in [6, 6.07) is 5.05. The highest BCUT2D eigenvalue weighted by molar-refractivity contribution is 6.36. The summed E-state index contributed by atoms with van der Waals surface area (Å²) in [6.45, 7) is 0. The molecule has 1 amide bonds. The second kappa shape index (κ2) is 5.87. The van der Waals surface area contributed by atoms with Crippen LogP contribution < -0.4 is 5.43 Å². The van der Waals surface area contributed by atoms with Gasteiger partial charge in [-0.1, -0.05) is 29.3 Å². The van der Waals surface area contributed by atoms with Crippen molar-refractivity contribution in [3.8, 4) is 0 Å². The van der Waals surface area contributed by atoms with E-state index < -0.39 is 0 Å². The van der Waals surface area contributed by atoms with Crippen LogP contribution in [-0.2, 0) is 12.8 Å². The van der Waals surface area contributed by atoms with Crippen LogP contribution in [0.3, 0.4) is 0 Å². The van der Waals surface area contributed by atoms with Gasteiger partial charge in [-0.05, 0) is 31.4 Å². The van der Waals surface area contributed by atoms with Crippen molar-refractivity contribution in [1.29, 1.82) is 0 Å². The maximum atomic E-state index is 12.0. The van der Waals surface area contributed by atoms with E-state index in [1.54, 1.807) is 18.2 Å². The molecule has 0 saturated carbocycles. The van der Waals surface area contributed by atoms with Crippen molar-refractivity contribution in [3.63, 3.8) is 0 Å². The summed E-state index contributed by atoms with van der Waals surface area (Å²) in [5.41, 5.74) is 5.59. The Kier molecular flexibility index (Phi) is 3.94. The highest BCUT2D eigenvalue weighted by atomic mass is 35.5. The number of benzene rings is 1. The van der Waals surface area contributed by atoms with Crippen molar-refractivity contribution in [2.45, 2.75) is 19.3 Å². The van der Waals surface area contributed by atoms with Gasteiger partial charge in [0.1, 0.15) is 0 Å². The zero-order valence-corrected chi connectivity index (χ0v) is 12.5. The number of aromatic amines is 1. The summed E-state index contributed by atoms with van der Waals surface area (Å²) in [7, 11) is 0. The standard InChI is InChI=1S/C14H12Cl2N4O/c15-9-5-4-8(11(16)6-9)7-17-20-14(21)13-10-2-1-3-12(10)18-19-13/h4-7H,1-3H2,(H,18,19)(H,20,21)/b17-7-. The van der Waals surface area contributed by atoms with E-state index in [0.717, 1.165) is 30.5 Å². The molecule has 1 heterocycles. The summed E-state index contributed by atoms with van der Waals surface area (Å²) in [5, 5.41) is 11.9. The molecule has 0 atom stereocenters. The van der Waals surface area contributed by atoms with E-state index in [1.807, 2.05) is 0 Å². The molecule has 7 heteroatoms. The van der Waals surface area contributed by atoms with E-state index in [-0.39, 0.29) is 5.91 Å². The maximum absolute atomic E-state index is 12.0. The van der Waals surface area contributed by atoms with E-state index >= 15 is 0 Å². The fraction of sp³-hybridized carbons (Fsp3) is 0.214. The summed E-state index contributed by atoms with van der Waals surface area (Å²) in [4.78, 5) is 12.0. The van der Waals surface area contributed by atoms with Crippen molar-refractivity contribution < 1.29 is 4.79 Å². The first kappa shape index (κ1) is 14.1. The van der Waals surface area contributed by atoms with E-state index in [0.29, 0.717) is 21.3 Å². The lowest BCUT2D eigenvalue weighted by Gasteiger charge is -2.00. The number of aromatic nitrogens is 2. The minimum atomic E-state index is -0.323. The lowest BCUT2D eigenvalue weighted by molar-refractivity contribution is 0.0949. The van der Waals surface area contributed by atoms with Gasteiger partial charge in [-0.25, -0.2) is 5.43 Å². The lowest BCUT2D eigenvalue weighted by atomic mass is 10.2. The number of amides is 1. The lowest BCUT2D eigenvalue weighted by Crippen LogP contribution is -2.19. The number of carbonyl (C=O) groups excluding carboxylic acids is 1. The number of hydrogen-bond acceptors (Lipinski definition) is 3. The van der Waals surface area contributed by atoms with Gasteiger partial charge >= 0.3 is 0 Å². The molecule has 108 valence electrons. The van der Waals surface area contributed by atoms with Crippen molar-refractivity contribution in [2.24, 2.45) is 5.10 Å². The van der Waals surface area contributed by atoms with E-state index in [9.17, 15) is 4.79 Å². The SMILES string of the molecule is O=C(N/N=C\c1ccc(Cl)cc1Cl)c1n[nH]c2c1CCC2. The number of fused-ring (bicyclic) bond motifs is 1. The Labute approximate surface area is 131 Å². The first-order valence-electron chi connectivity index (χ1n) is 6.49. The third-order valence-electron chi connectivity index (χ3n) is 3.35. The number of rotatable bonds is 3. The van der Waals surface area contributed by atoms with Gasteiger partial charge in [-0.15, -0.1) is 0 Å². The van der Waals surface area contributed by atoms with Crippen LogP contribution in [0.25, 0.3) is 0 Å². The Morgan fingerprint density at radius 3 is 3.05 bits per heavy atom. The van der Waals surface area contributed by atoms with Gasteiger partial charge < -0.3 is 0 Å². The Hall–Kier alpha value is -1.85. The fourth-order valence-electron chi connectivity index (χ4n) is 2.33. The normalized spacial score (nSPS) is 13.6. The molecule has 1 aromatic heterocycles. The molecule has 1 aliphatic carbocycles. The summed E-state index contributed by atoms with van der Waals surface area (Å²) >= 11 is 11.8. The van der Waals surface area contributed by atoms with Crippen molar-refractivity contribution in [1.82, 2.24) is 15.6 Å². The maximum Gasteiger partial charge on any atom is 0.292 e. The number of carbonyl (C=O) groups is 1. The smallest absolute Gasteiger partial charge is 0.281 e. The quantitative estimate of drug-likeness (QED) is 0.673. The minimum absolute atomic E-state index is 0.323. The highest BCUT2D eigenvalue weighted by Gasteiger charge is 2.22. The molecule has 0 radical (unpaired) electrons. The number of nitrogens with one attached hydrogen (secondary N) is 2. The zero-order valence-electron chi connectivity index (χ0n) is 11.0. The summed E-state index contributed by atoms with van der Waals surface area (Å²) < 4.78 is 0. The van der Waals surface area contributed by atoms with Crippen LogP contribution in [0.1, 0.15) is 33.7 Å². The van der Waals surface area contributed by atoms with Gasteiger partial charge in [0.2, 0.25) is 0 Å². The molecule has 0 saturated heterocycles. The number of halogens is 2. The molecule has 0 fully saturated rings. The third-order valence-corrected chi connectivity index (χ3v) is 3.92. The summed E-state index contributed by atoms with van der Waals surface area (Å²) in [6.07, 6.45) is 4.34. The molecule has 0 aliphatic heterocycles. The van der Waals surface area contributed by atoms with Crippen LogP contribution >= 0.6 is 23.2 Å². The van der Waals surface area contributed by atoms with Crippen molar-refractivity contribution in [3.05, 3.63) is 50.8 Å². The molecule has 1 aliphatic rings. The first-order valence-corrected chi connectivity index (χ1v) is 7.25. The molecule has 3 rings (SSSR count). The predicted molar refractivity (Wildman–Crippen MR) is 82.1 cm³/mol. The molecule has 0 unspecified atom stereocenters. The van der Waals surface area contributed by atoms with Gasteiger partial charge in [0.05, 0.1) is 11.2 Å². The minimum Gasteiger partial charge on any atom is -0.281 e. The average molecular weight is 323 g/mol. The Bertz CT molecular complexity index is 724. The van der Waals surface area contributed by atoms with Crippen LogP contribution in [0.15, 0.2) is 23.3 Å². The molecule has 21 heavy (non-hydrogen) atoms. The molecular formula is C14H12Cl2N4O. The Morgan fingerprint density at radius 2 is 2.24 bits per heavy atom. The number of hydrogen-bond donors (Lipinski definition) is 2. The van der Waals surface area contributed by atoms with E-state index in [1.165, 1.54) is 6.21 Å². The Balaban J connectivity index is 1.69. The predicted octanol–water partition coefficient (Wildman–Crippen LogP) is 2.97. The topological polar surface area (TPSA) is 70.1 Å². The van der Waals surface area contributed by atoms with Gasteiger partial charge in [-0.2, -0.15) is 10.2 Å². The molecule has 0 spiro atoms. The molecule has 2 N–H and O–H groups in total. The number of aryl methyl sites for hydroxylation is 1. The van der Waals surface area contributed by atoms with Crippen LogP contribution in [0.4, 0.5) is 0 Å². The van der Waals surface area contributed by atoms with Crippen LogP contribution in [0.2, 0.25) is 10.0 Å². The Morgan fingerprint density at radius 1 is 1.38 bits per heavy atom. The molecular weight excluding hydrogens is 311 g/mol. The van der Waals surface area contributed by atoms with Gasteiger partial charge in [-0.3, -0.25) is 9.89 Å². The molecule has 0 bridgehead atoms. The molecule has 2 aromatic rings. The highest BCUT2D eigenvalue weighted by Crippen LogP contribution is 2.22. The van der Waals surface area contributed by atoms with Crippen LogP contribution in [0, 0.1) is 0 Å². The first-order chi connectivity index (χ1) is 10.1. The molecule has 1 aromatic carbocycles. The van der Waals surface area contributed by atoms with Crippen molar-refractivity contribution in [2.75, 3.05) is 0 Å². The molecule has 5 nitrogen and oxygen atoms in total.